The molecule has 2 heterocycles. The van der Waals surface area contributed by atoms with Gasteiger partial charge in [-0.1, -0.05) is 0 Å². The van der Waals surface area contributed by atoms with Gasteiger partial charge in [-0.3, -0.25) is 20.0 Å². The van der Waals surface area contributed by atoms with E-state index < -0.39 is 12.0 Å². The van der Waals surface area contributed by atoms with Crippen molar-refractivity contribution in [2.75, 3.05) is 12.1 Å². The Morgan fingerprint density at radius 3 is 2.83 bits per heavy atom. The number of carbonyl (C=O) groups is 2. The summed E-state index contributed by atoms with van der Waals surface area (Å²) >= 11 is 1.46. The molecule has 0 spiro atoms. The summed E-state index contributed by atoms with van der Waals surface area (Å²) in [6.45, 7) is 1.93. The van der Waals surface area contributed by atoms with Gasteiger partial charge in [-0.15, -0.1) is 11.3 Å². The quantitative estimate of drug-likeness (QED) is 0.900. The monoisotopic (exact) mass is 332 g/mol. The predicted molar refractivity (Wildman–Crippen MR) is 87.0 cm³/mol. The van der Waals surface area contributed by atoms with Crippen LogP contribution in [0.4, 0.5) is 5.00 Å². The number of hydrazine groups is 1. The molecule has 1 amide bonds. The van der Waals surface area contributed by atoms with Crippen LogP contribution in [0.5, 0.6) is 5.75 Å². The minimum Gasteiger partial charge on any atom is -0.497 e. The SMILES string of the molecule is COc1ccc2c(c1)C(CC(=O)O)N(c1sccc1C)NC2=O. The Bertz CT molecular complexity index is 771. The van der Waals surface area contributed by atoms with Gasteiger partial charge in [0.15, 0.2) is 0 Å². The molecule has 7 heteroatoms. The number of anilines is 1. The van der Waals surface area contributed by atoms with E-state index in [9.17, 15) is 14.7 Å². The van der Waals surface area contributed by atoms with Crippen LogP contribution in [-0.4, -0.2) is 24.1 Å². The molecule has 1 aromatic heterocycles. The molecule has 0 radical (unpaired) electrons. The second-order valence-electron chi connectivity index (χ2n) is 5.29. The fraction of sp³-hybridized carbons (Fsp3) is 0.250. The van der Waals surface area contributed by atoms with Crippen molar-refractivity contribution < 1.29 is 19.4 Å². The molecule has 3 rings (SSSR count). The second-order valence-corrected chi connectivity index (χ2v) is 6.18. The Balaban J connectivity index is 2.13. The van der Waals surface area contributed by atoms with E-state index >= 15 is 0 Å². The van der Waals surface area contributed by atoms with E-state index in [1.807, 2.05) is 18.4 Å². The number of aryl methyl sites for hydroxylation is 1. The number of carboxylic acids is 1. The lowest BCUT2D eigenvalue weighted by molar-refractivity contribution is -0.137. The van der Waals surface area contributed by atoms with Gasteiger partial charge in [-0.2, -0.15) is 0 Å². The van der Waals surface area contributed by atoms with Crippen molar-refractivity contribution in [3.05, 3.63) is 46.3 Å². The van der Waals surface area contributed by atoms with E-state index in [1.54, 1.807) is 23.2 Å². The Morgan fingerprint density at radius 2 is 2.22 bits per heavy atom. The van der Waals surface area contributed by atoms with Crippen LogP contribution in [0.15, 0.2) is 29.6 Å². The summed E-state index contributed by atoms with van der Waals surface area (Å²) in [5.41, 5.74) is 4.92. The van der Waals surface area contributed by atoms with E-state index in [0.717, 1.165) is 10.6 Å². The summed E-state index contributed by atoms with van der Waals surface area (Å²) in [7, 11) is 1.54. The Labute approximate surface area is 137 Å². The maximum absolute atomic E-state index is 12.4. The van der Waals surface area contributed by atoms with Gasteiger partial charge >= 0.3 is 5.97 Å². The highest BCUT2D eigenvalue weighted by molar-refractivity contribution is 7.14. The van der Waals surface area contributed by atoms with E-state index in [2.05, 4.69) is 5.43 Å². The Kier molecular flexibility index (Phi) is 3.96. The van der Waals surface area contributed by atoms with Crippen LogP contribution in [0.2, 0.25) is 0 Å². The predicted octanol–water partition coefficient (Wildman–Crippen LogP) is 2.75. The first-order valence-corrected chi connectivity index (χ1v) is 7.93. The maximum atomic E-state index is 12.4. The first-order valence-electron chi connectivity index (χ1n) is 7.05. The number of methoxy groups -OCH3 is 1. The number of carboxylic acid groups (broad SMARTS) is 1. The van der Waals surface area contributed by atoms with Crippen LogP contribution in [0.3, 0.4) is 0 Å². The van der Waals surface area contributed by atoms with Crippen molar-refractivity contribution in [3.63, 3.8) is 0 Å². The molecule has 0 fully saturated rings. The zero-order valence-corrected chi connectivity index (χ0v) is 13.5. The van der Waals surface area contributed by atoms with Gasteiger partial charge in [0.05, 0.1) is 19.6 Å². The van der Waals surface area contributed by atoms with E-state index in [0.29, 0.717) is 16.9 Å². The highest BCUT2D eigenvalue weighted by atomic mass is 32.1. The molecule has 1 aliphatic rings. The first kappa shape index (κ1) is 15.4. The number of benzene rings is 1. The van der Waals surface area contributed by atoms with Crippen LogP contribution in [0, 0.1) is 6.92 Å². The molecular formula is C16H16N2O4S. The fourth-order valence-electron chi connectivity index (χ4n) is 2.71. The van der Waals surface area contributed by atoms with Gasteiger partial charge in [0.2, 0.25) is 0 Å². The average molecular weight is 332 g/mol. The van der Waals surface area contributed by atoms with E-state index in [-0.39, 0.29) is 12.3 Å². The molecule has 0 bridgehead atoms. The number of rotatable bonds is 4. The number of ether oxygens (including phenoxy) is 1. The number of thiophene rings is 1. The third-order valence-corrected chi connectivity index (χ3v) is 4.83. The number of carbonyl (C=O) groups excluding carboxylic acids is 1. The minimum atomic E-state index is -0.931. The number of fused-ring (bicyclic) bond motifs is 1. The van der Waals surface area contributed by atoms with Crippen LogP contribution < -0.4 is 15.2 Å². The molecule has 1 aliphatic heterocycles. The summed E-state index contributed by atoms with van der Waals surface area (Å²) in [5.74, 6) is -0.590. The molecule has 1 aromatic carbocycles. The van der Waals surface area contributed by atoms with Gasteiger partial charge < -0.3 is 9.84 Å². The van der Waals surface area contributed by atoms with Crippen LogP contribution in [0.1, 0.15) is 33.9 Å². The van der Waals surface area contributed by atoms with E-state index in [1.165, 1.54) is 18.4 Å². The van der Waals surface area contributed by atoms with Crippen LogP contribution >= 0.6 is 11.3 Å². The van der Waals surface area contributed by atoms with Crippen molar-refractivity contribution in [1.29, 1.82) is 0 Å². The van der Waals surface area contributed by atoms with Crippen LogP contribution in [-0.2, 0) is 4.79 Å². The summed E-state index contributed by atoms with van der Waals surface area (Å²) in [6, 6.07) is 6.54. The first-order chi connectivity index (χ1) is 11.0. The maximum Gasteiger partial charge on any atom is 0.305 e. The number of hydrogen-bond acceptors (Lipinski definition) is 5. The molecule has 2 aromatic rings. The lowest BCUT2D eigenvalue weighted by Crippen LogP contribution is -2.49. The highest BCUT2D eigenvalue weighted by Gasteiger charge is 2.35. The van der Waals surface area contributed by atoms with Gasteiger partial charge in [-0.25, -0.2) is 0 Å². The summed E-state index contributed by atoms with van der Waals surface area (Å²) < 4.78 is 5.22. The minimum absolute atomic E-state index is 0.127. The lowest BCUT2D eigenvalue weighted by atomic mass is 9.94. The molecule has 120 valence electrons. The topological polar surface area (TPSA) is 78.9 Å². The molecule has 2 N–H and O–H groups in total. The molecule has 0 saturated carbocycles. The van der Waals surface area contributed by atoms with Crippen molar-refractivity contribution >= 4 is 28.2 Å². The standard InChI is InChI=1S/C16H16N2O4S/c1-9-5-6-23-16(9)18-13(8-14(19)20)12-7-10(22-2)3-4-11(12)15(21)17-18/h3-7,13H,8H2,1-2H3,(H,17,21)(H,19,20). The normalized spacial score (nSPS) is 16.7. The number of aliphatic carboxylic acids is 1. The van der Waals surface area contributed by atoms with Gasteiger partial charge in [0.1, 0.15) is 10.8 Å². The number of amides is 1. The largest absolute Gasteiger partial charge is 0.497 e. The summed E-state index contributed by atoms with van der Waals surface area (Å²) in [6.07, 6.45) is -0.127. The average Bonchev–Trinajstić information content (AvgIpc) is 2.95. The molecule has 23 heavy (non-hydrogen) atoms. The third kappa shape index (κ3) is 2.75. The van der Waals surface area contributed by atoms with Crippen molar-refractivity contribution in [2.24, 2.45) is 0 Å². The zero-order valence-electron chi connectivity index (χ0n) is 12.7. The molecule has 6 nitrogen and oxygen atoms in total. The second kappa shape index (κ2) is 5.92. The van der Waals surface area contributed by atoms with Crippen molar-refractivity contribution in [3.8, 4) is 5.75 Å². The molecule has 1 unspecified atom stereocenters. The Morgan fingerprint density at radius 1 is 1.43 bits per heavy atom. The molecular weight excluding hydrogens is 316 g/mol. The third-order valence-electron chi connectivity index (χ3n) is 3.82. The number of nitrogens with zero attached hydrogens (tertiary/aromatic N) is 1. The van der Waals surface area contributed by atoms with E-state index in [4.69, 9.17) is 4.74 Å². The number of hydrogen-bond donors (Lipinski definition) is 2. The smallest absolute Gasteiger partial charge is 0.305 e. The van der Waals surface area contributed by atoms with Crippen LogP contribution in [0.25, 0.3) is 0 Å². The molecule has 1 atom stereocenters. The zero-order chi connectivity index (χ0) is 16.6. The van der Waals surface area contributed by atoms with Gasteiger partial charge in [-0.05, 0) is 47.7 Å². The summed E-state index contributed by atoms with van der Waals surface area (Å²) in [4.78, 5) is 23.7. The summed E-state index contributed by atoms with van der Waals surface area (Å²) in [5, 5.41) is 13.7. The van der Waals surface area contributed by atoms with Crippen molar-refractivity contribution in [1.82, 2.24) is 5.43 Å². The van der Waals surface area contributed by atoms with Gasteiger partial charge in [0.25, 0.3) is 5.91 Å². The Hall–Kier alpha value is -2.54. The fourth-order valence-corrected chi connectivity index (χ4v) is 3.65. The van der Waals surface area contributed by atoms with Gasteiger partial charge in [0, 0.05) is 5.56 Å². The molecule has 0 aliphatic carbocycles. The number of nitrogens with one attached hydrogen (secondary N) is 1. The lowest BCUT2D eigenvalue weighted by Gasteiger charge is -2.37. The molecule has 0 saturated heterocycles. The van der Waals surface area contributed by atoms with Crippen molar-refractivity contribution in [2.45, 2.75) is 19.4 Å². The highest BCUT2D eigenvalue weighted by Crippen LogP contribution is 2.39.